The number of hydrazone groups is 1. The van der Waals surface area contributed by atoms with Gasteiger partial charge in [-0.2, -0.15) is 10.0 Å². The number of sulfone groups is 1. The van der Waals surface area contributed by atoms with Crippen LogP contribution in [-0.2, 0) is 14.6 Å². The van der Waals surface area contributed by atoms with Gasteiger partial charge in [0.05, 0.1) is 24.0 Å². The molecule has 0 saturated carbocycles. The highest BCUT2D eigenvalue weighted by Gasteiger charge is 2.39. The van der Waals surface area contributed by atoms with E-state index < -0.39 is 21.7 Å². The second-order valence-corrected chi connectivity index (χ2v) is 10.9. The number of carbonyl (C=O) groups is 2. The van der Waals surface area contributed by atoms with E-state index in [-0.39, 0.29) is 38.2 Å². The third-order valence-corrected chi connectivity index (χ3v) is 8.13. The summed E-state index contributed by atoms with van der Waals surface area (Å²) >= 11 is 0.735. The molecule has 0 fully saturated rings. The molecule has 180 valence electrons. The van der Waals surface area contributed by atoms with Gasteiger partial charge in [-0.15, -0.1) is 5.10 Å². The summed E-state index contributed by atoms with van der Waals surface area (Å²) in [4.78, 5) is 29.0. The topological polar surface area (TPSA) is 139 Å². The first-order valence-electron chi connectivity index (χ1n) is 10.3. The summed E-state index contributed by atoms with van der Waals surface area (Å²) in [5.74, 6) is -1.29. The summed E-state index contributed by atoms with van der Waals surface area (Å²) in [7, 11) is -2.21. The molecule has 1 amide bonds. The number of benzene rings is 2. The lowest BCUT2D eigenvalue weighted by atomic mass is 10.1. The number of thioether (sulfide) groups is 1. The number of hydrogen-bond acceptors (Lipinski definition) is 9. The SMILES string of the molecule is CCS(=O)(=O)C1=NN2C(=N)C(=Cc3ccc(OC(=O)c4cccc(C)c4)c(OC)c3)C(=O)N=C2S1. The van der Waals surface area contributed by atoms with E-state index in [0.29, 0.717) is 11.1 Å². The molecule has 2 aliphatic heterocycles. The number of hydrogen-bond donors (Lipinski definition) is 1. The fraction of sp³-hybridized carbons (Fsp3) is 0.174. The predicted molar refractivity (Wildman–Crippen MR) is 134 cm³/mol. The average molecular weight is 513 g/mol. The largest absolute Gasteiger partial charge is 0.493 e. The maximum absolute atomic E-state index is 12.6. The van der Waals surface area contributed by atoms with Gasteiger partial charge in [0.25, 0.3) is 5.91 Å². The summed E-state index contributed by atoms with van der Waals surface area (Å²) in [5.41, 5.74) is 1.70. The van der Waals surface area contributed by atoms with Crippen LogP contribution in [0.5, 0.6) is 11.5 Å². The summed E-state index contributed by atoms with van der Waals surface area (Å²) in [6.45, 7) is 3.35. The minimum atomic E-state index is -3.61. The van der Waals surface area contributed by atoms with Crippen molar-refractivity contribution in [2.45, 2.75) is 13.8 Å². The van der Waals surface area contributed by atoms with Crippen LogP contribution in [0, 0.1) is 12.3 Å². The Kier molecular flexibility index (Phi) is 6.59. The zero-order valence-corrected chi connectivity index (χ0v) is 20.6. The molecule has 0 spiro atoms. The van der Waals surface area contributed by atoms with Crippen LogP contribution in [0.3, 0.4) is 0 Å². The molecule has 0 saturated heterocycles. The van der Waals surface area contributed by atoms with Crippen LogP contribution >= 0.6 is 11.8 Å². The van der Waals surface area contributed by atoms with Gasteiger partial charge in [-0.05, 0) is 54.6 Å². The van der Waals surface area contributed by atoms with Crippen LogP contribution in [0.15, 0.2) is 58.1 Å². The molecule has 0 unspecified atom stereocenters. The lowest BCUT2D eigenvalue weighted by molar-refractivity contribution is -0.114. The summed E-state index contributed by atoms with van der Waals surface area (Å²) in [6.07, 6.45) is 1.41. The van der Waals surface area contributed by atoms with Crippen molar-refractivity contribution < 1.29 is 27.5 Å². The van der Waals surface area contributed by atoms with Gasteiger partial charge in [0, 0.05) is 0 Å². The van der Waals surface area contributed by atoms with E-state index in [9.17, 15) is 18.0 Å². The Morgan fingerprint density at radius 2 is 1.97 bits per heavy atom. The van der Waals surface area contributed by atoms with Crippen LogP contribution in [0.4, 0.5) is 0 Å². The quantitative estimate of drug-likeness (QED) is 0.366. The molecular formula is C23H20N4O6S2. The molecular weight excluding hydrogens is 492 g/mol. The number of aryl methyl sites for hydroxylation is 1. The Morgan fingerprint density at radius 1 is 1.20 bits per heavy atom. The number of aliphatic imine (C=N–C) groups is 1. The number of carbonyl (C=O) groups excluding carboxylic acids is 2. The fourth-order valence-electron chi connectivity index (χ4n) is 3.18. The van der Waals surface area contributed by atoms with E-state index in [4.69, 9.17) is 14.9 Å². The van der Waals surface area contributed by atoms with E-state index in [1.54, 1.807) is 30.3 Å². The second-order valence-electron chi connectivity index (χ2n) is 7.46. The number of amidine groups is 2. The van der Waals surface area contributed by atoms with Crippen molar-refractivity contribution in [2.24, 2.45) is 10.1 Å². The van der Waals surface area contributed by atoms with Crippen molar-refractivity contribution in [2.75, 3.05) is 12.9 Å². The smallest absolute Gasteiger partial charge is 0.343 e. The van der Waals surface area contributed by atoms with Crippen molar-refractivity contribution >= 4 is 54.9 Å². The first-order valence-corrected chi connectivity index (χ1v) is 12.8. The van der Waals surface area contributed by atoms with Crippen molar-refractivity contribution in [1.82, 2.24) is 5.01 Å². The third kappa shape index (κ3) is 4.88. The molecule has 0 bridgehead atoms. The second kappa shape index (κ2) is 9.47. The van der Waals surface area contributed by atoms with E-state index in [0.717, 1.165) is 22.3 Å². The van der Waals surface area contributed by atoms with Crippen molar-refractivity contribution in [1.29, 1.82) is 5.41 Å². The van der Waals surface area contributed by atoms with E-state index in [1.807, 2.05) is 13.0 Å². The maximum atomic E-state index is 12.6. The predicted octanol–water partition coefficient (Wildman–Crippen LogP) is 3.23. The number of fused-ring (bicyclic) bond motifs is 1. The van der Waals surface area contributed by atoms with E-state index in [1.165, 1.54) is 26.2 Å². The molecule has 2 aliphatic rings. The third-order valence-electron chi connectivity index (χ3n) is 5.04. The summed E-state index contributed by atoms with van der Waals surface area (Å²) in [6, 6.07) is 11.6. The molecule has 12 heteroatoms. The van der Waals surface area contributed by atoms with Crippen molar-refractivity contribution in [3.8, 4) is 11.5 Å². The van der Waals surface area contributed by atoms with E-state index >= 15 is 0 Å². The van der Waals surface area contributed by atoms with Crippen LogP contribution in [0.25, 0.3) is 6.08 Å². The Bertz CT molecular complexity index is 1460. The van der Waals surface area contributed by atoms with E-state index in [2.05, 4.69) is 10.1 Å². The maximum Gasteiger partial charge on any atom is 0.343 e. The number of rotatable bonds is 5. The van der Waals surface area contributed by atoms with Gasteiger partial charge in [-0.3, -0.25) is 10.2 Å². The highest BCUT2D eigenvalue weighted by Crippen LogP contribution is 2.33. The Balaban J connectivity index is 1.61. The van der Waals surface area contributed by atoms with Gasteiger partial charge >= 0.3 is 5.97 Å². The zero-order valence-electron chi connectivity index (χ0n) is 18.9. The highest BCUT2D eigenvalue weighted by atomic mass is 32.3. The normalized spacial score (nSPS) is 16.7. The van der Waals surface area contributed by atoms with Crippen molar-refractivity contribution in [3.63, 3.8) is 0 Å². The highest BCUT2D eigenvalue weighted by molar-refractivity contribution is 8.42. The lowest BCUT2D eigenvalue weighted by Crippen LogP contribution is -2.35. The minimum Gasteiger partial charge on any atom is -0.493 e. The molecule has 4 rings (SSSR count). The molecule has 0 aliphatic carbocycles. The van der Waals surface area contributed by atoms with Gasteiger partial charge in [0.2, 0.25) is 19.4 Å². The Labute approximate surface area is 205 Å². The van der Waals surface area contributed by atoms with Crippen molar-refractivity contribution in [3.05, 3.63) is 64.7 Å². The van der Waals surface area contributed by atoms with Gasteiger partial charge in [0.1, 0.15) is 0 Å². The molecule has 1 N–H and O–H groups in total. The number of amides is 1. The zero-order chi connectivity index (χ0) is 25.3. The number of methoxy groups -OCH3 is 1. The number of esters is 1. The van der Waals surface area contributed by atoms with Crippen LogP contribution in [-0.4, -0.2) is 53.5 Å². The monoisotopic (exact) mass is 512 g/mol. The molecule has 2 aromatic rings. The standard InChI is InChI=1S/C23H20N4O6S2/c1-4-35(30,31)23-26-27-19(24)16(20(28)25-22(27)34-23)11-14-8-9-17(18(12-14)32-3)33-21(29)15-7-5-6-13(2)10-15/h5-12,24H,4H2,1-3H3. The first-order chi connectivity index (χ1) is 16.6. The molecule has 2 heterocycles. The lowest BCUT2D eigenvalue weighted by Gasteiger charge is -2.20. The van der Waals surface area contributed by atoms with Gasteiger partial charge < -0.3 is 9.47 Å². The van der Waals surface area contributed by atoms with Crippen LogP contribution in [0.1, 0.15) is 28.4 Å². The van der Waals surface area contributed by atoms with Gasteiger partial charge in [0.15, 0.2) is 17.3 Å². The summed E-state index contributed by atoms with van der Waals surface area (Å²) in [5, 5.41) is 13.4. The number of nitrogens with zero attached hydrogens (tertiary/aromatic N) is 3. The van der Waals surface area contributed by atoms with Crippen LogP contribution in [0.2, 0.25) is 0 Å². The summed E-state index contributed by atoms with van der Waals surface area (Å²) < 4.78 is 34.9. The minimum absolute atomic E-state index is 0.0140. The molecule has 2 aromatic carbocycles. The number of nitrogens with one attached hydrogen (secondary N) is 1. The van der Waals surface area contributed by atoms with Gasteiger partial charge in [-0.1, -0.05) is 30.7 Å². The molecule has 35 heavy (non-hydrogen) atoms. The Morgan fingerprint density at radius 3 is 2.66 bits per heavy atom. The molecule has 0 atom stereocenters. The average Bonchev–Trinajstić information content (AvgIpc) is 3.27. The fourth-order valence-corrected chi connectivity index (χ4v) is 5.34. The Hall–Kier alpha value is -3.77. The van der Waals surface area contributed by atoms with Crippen LogP contribution < -0.4 is 9.47 Å². The molecule has 10 nitrogen and oxygen atoms in total. The molecule has 0 radical (unpaired) electrons. The van der Waals surface area contributed by atoms with Gasteiger partial charge in [-0.25, -0.2) is 13.2 Å². The molecule has 0 aromatic heterocycles. The number of ether oxygens (including phenoxy) is 2. The first kappa shape index (κ1) is 24.4.